The van der Waals surface area contributed by atoms with Crippen LogP contribution in [-0.4, -0.2) is 92.5 Å². The molecule has 16 nitrogen and oxygen atoms in total. The molecule has 0 fully saturated rings. The third kappa shape index (κ3) is 8.72. The van der Waals surface area contributed by atoms with Crippen molar-refractivity contribution in [3.63, 3.8) is 0 Å². The molecule has 2 aliphatic heterocycles. The van der Waals surface area contributed by atoms with Gasteiger partial charge in [-0.15, -0.1) is 20.4 Å². The van der Waals surface area contributed by atoms with E-state index in [1.54, 1.807) is 44.8 Å². The summed E-state index contributed by atoms with van der Waals surface area (Å²) in [5.74, 6) is 1.69. The van der Waals surface area contributed by atoms with Crippen molar-refractivity contribution in [1.82, 2.24) is 45.5 Å². The highest BCUT2D eigenvalue weighted by Crippen LogP contribution is 2.36. The van der Waals surface area contributed by atoms with Gasteiger partial charge in [0.15, 0.2) is 11.6 Å². The van der Waals surface area contributed by atoms with Gasteiger partial charge in [0.25, 0.3) is 0 Å². The molecule has 18 heteroatoms. The van der Waals surface area contributed by atoms with E-state index in [2.05, 4.69) is 36.3 Å². The van der Waals surface area contributed by atoms with Gasteiger partial charge in [0.1, 0.15) is 35.7 Å². The molecule has 0 saturated heterocycles. The second-order valence-electron chi connectivity index (χ2n) is 14.2. The second kappa shape index (κ2) is 17.7. The molecule has 310 valence electrons. The summed E-state index contributed by atoms with van der Waals surface area (Å²) in [4.78, 5) is 49.7. The van der Waals surface area contributed by atoms with Crippen LogP contribution in [0.5, 0.6) is 11.5 Å². The van der Waals surface area contributed by atoms with Crippen LogP contribution < -0.4 is 25.4 Å². The fraction of sp³-hybridized carbons (Fsp3) is 0.233. The Kier molecular flexibility index (Phi) is 11.9. The Hall–Kier alpha value is -6.91. The van der Waals surface area contributed by atoms with Crippen LogP contribution in [0.4, 0.5) is 0 Å². The number of nitrogens with one attached hydrogen (secondary N) is 3. The lowest BCUT2D eigenvalue weighted by Crippen LogP contribution is -2.40. The first-order valence-electron chi connectivity index (χ1n) is 19.3. The fourth-order valence-corrected chi connectivity index (χ4v) is 7.53. The molecule has 0 bridgehead atoms. The van der Waals surface area contributed by atoms with E-state index in [9.17, 15) is 14.4 Å². The molecule has 0 aliphatic carbocycles. The predicted octanol–water partition coefficient (Wildman–Crippen LogP) is 5.09. The SMILES string of the molecule is COc1ccc2c(c1)C(c1ccc(Cl)cc1)=N[C@@H](CC(=O)NCCNC(=O)CNC(=O)C[C@@H]1N=C(c3ccc(Cl)cc3)c3cc(OC)ccc3-n3c(C)nnc31)c1nncn1-2. The molecule has 0 spiro atoms. The second-order valence-corrected chi connectivity index (χ2v) is 15.0. The van der Waals surface area contributed by atoms with Gasteiger partial charge in [-0.05, 0) is 67.6 Å². The topological polar surface area (TPSA) is 192 Å². The molecule has 61 heavy (non-hydrogen) atoms. The maximum absolute atomic E-state index is 13.4. The van der Waals surface area contributed by atoms with Crippen molar-refractivity contribution in [2.75, 3.05) is 33.9 Å². The van der Waals surface area contributed by atoms with Gasteiger partial charge in [0, 0.05) is 45.4 Å². The van der Waals surface area contributed by atoms with Gasteiger partial charge in [-0.1, -0.05) is 47.5 Å². The van der Waals surface area contributed by atoms with E-state index in [1.165, 1.54) is 0 Å². The standard InChI is InChI=1S/C43H39Cl2N11O5/c1-24-52-54-43-34(51-41(26-6-10-28(45)11-7-26)32-19-30(61-3)13-15-36(32)56(24)43)21-38(58)48-22-39(59)47-17-16-46-37(57)20-33-42-53-49-23-55(42)35-14-12-29(60-2)18-31(35)40(50-33)25-4-8-27(44)9-5-25/h4-15,18-19,23,33-34H,16-17,20-22H2,1-3H3,(H,46,57)(H,47,59)(H,48,58)/t33-,34-/m0/s1. The van der Waals surface area contributed by atoms with E-state index in [0.29, 0.717) is 50.4 Å². The normalized spacial score (nSPS) is 15.0. The summed E-state index contributed by atoms with van der Waals surface area (Å²) in [7, 11) is 3.18. The fourth-order valence-electron chi connectivity index (χ4n) is 7.27. The number of fused-ring (bicyclic) bond motifs is 6. The first-order valence-corrected chi connectivity index (χ1v) is 20.0. The summed E-state index contributed by atoms with van der Waals surface area (Å²) in [5.41, 5.74) is 5.93. The molecule has 2 atom stereocenters. The molecule has 0 radical (unpaired) electrons. The average Bonchev–Trinajstić information content (AvgIpc) is 3.86. The van der Waals surface area contributed by atoms with Crippen molar-refractivity contribution in [2.45, 2.75) is 31.8 Å². The largest absolute Gasteiger partial charge is 0.497 e. The Morgan fingerprint density at radius 1 is 0.639 bits per heavy atom. The van der Waals surface area contributed by atoms with E-state index in [-0.39, 0.29) is 38.4 Å². The number of nitrogens with zero attached hydrogens (tertiary/aromatic N) is 8. The lowest BCUT2D eigenvalue weighted by molar-refractivity contribution is -0.126. The molecule has 4 aromatic carbocycles. The number of rotatable bonds is 13. The first-order chi connectivity index (χ1) is 29.6. The van der Waals surface area contributed by atoms with Crippen molar-refractivity contribution in [3.05, 3.63) is 141 Å². The van der Waals surface area contributed by atoms with E-state index in [0.717, 1.165) is 33.6 Å². The highest BCUT2D eigenvalue weighted by molar-refractivity contribution is 6.31. The van der Waals surface area contributed by atoms with Gasteiger partial charge in [0.05, 0.1) is 56.4 Å². The Balaban J connectivity index is 0.892. The quantitative estimate of drug-likeness (QED) is 0.133. The molecule has 4 heterocycles. The molecule has 0 unspecified atom stereocenters. The number of methoxy groups -OCH3 is 2. The highest BCUT2D eigenvalue weighted by Gasteiger charge is 2.31. The minimum absolute atomic E-state index is 0.0415. The van der Waals surface area contributed by atoms with Crippen LogP contribution in [-0.2, 0) is 14.4 Å². The first kappa shape index (κ1) is 40.9. The summed E-state index contributed by atoms with van der Waals surface area (Å²) in [6.07, 6.45) is 1.44. The van der Waals surface area contributed by atoms with Crippen LogP contribution in [0.25, 0.3) is 11.4 Å². The molecule has 2 aromatic heterocycles. The van der Waals surface area contributed by atoms with Crippen LogP contribution in [0.3, 0.4) is 0 Å². The van der Waals surface area contributed by atoms with Crippen molar-refractivity contribution >= 4 is 52.3 Å². The molecule has 3 N–H and O–H groups in total. The van der Waals surface area contributed by atoms with Crippen LogP contribution >= 0.6 is 23.2 Å². The van der Waals surface area contributed by atoms with Gasteiger partial charge in [0.2, 0.25) is 17.7 Å². The van der Waals surface area contributed by atoms with Gasteiger partial charge >= 0.3 is 0 Å². The molecule has 2 aliphatic rings. The van der Waals surface area contributed by atoms with Crippen molar-refractivity contribution in [3.8, 4) is 22.9 Å². The number of amides is 3. The molecule has 3 amide bonds. The summed E-state index contributed by atoms with van der Waals surface area (Å²) < 4.78 is 14.8. The molecular formula is C43H39Cl2N11O5. The van der Waals surface area contributed by atoms with Crippen molar-refractivity contribution < 1.29 is 23.9 Å². The number of aromatic nitrogens is 6. The Morgan fingerprint density at radius 2 is 1.16 bits per heavy atom. The summed E-state index contributed by atoms with van der Waals surface area (Å²) in [5, 5.41) is 26.6. The van der Waals surface area contributed by atoms with Crippen LogP contribution in [0.15, 0.2) is 101 Å². The Bertz CT molecular complexity index is 2690. The van der Waals surface area contributed by atoms with Gasteiger partial charge in [-0.25, -0.2) is 0 Å². The molecule has 0 saturated carbocycles. The van der Waals surface area contributed by atoms with Crippen molar-refractivity contribution in [1.29, 1.82) is 0 Å². The maximum atomic E-state index is 13.4. The maximum Gasteiger partial charge on any atom is 0.239 e. The third-order valence-corrected chi connectivity index (χ3v) is 10.7. The molecule has 8 rings (SSSR count). The van der Waals surface area contributed by atoms with E-state index in [1.807, 2.05) is 76.7 Å². The lowest BCUT2D eigenvalue weighted by Gasteiger charge is -2.14. The number of aliphatic imine (C=N–C) groups is 2. The third-order valence-electron chi connectivity index (χ3n) is 10.2. The predicted molar refractivity (Wildman–Crippen MR) is 228 cm³/mol. The Morgan fingerprint density at radius 3 is 1.75 bits per heavy atom. The van der Waals surface area contributed by atoms with Gasteiger partial charge in [-0.2, -0.15) is 0 Å². The molecular weight excluding hydrogens is 821 g/mol. The minimum Gasteiger partial charge on any atom is -0.497 e. The number of carbonyl (C=O) groups excluding carboxylic acids is 3. The number of benzene rings is 4. The smallest absolute Gasteiger partial charge is 0.239 e. The summed E-state index contributed by atoms with van der Waals surface area (Å²) in [6.45, 7) is 1.79. The summed E-state index contributed by atoms with van der Waals surface area (Å²) >= 11 is 12.4. The number of hydrogen-bond acceptors (Lipinski definition) is 11. The number of aryl methyl sites for hydroxylation is 1. The van der Waals surface area contributed by atoms with E-state index >= 15 is 0 Å². The lowest BCUT2D eigenvalue weighted by atomic mass is 10.00. The average molecular weight is 861 g/mol. The molecule has 6 aromatic rings. The van der Waals surface area contributed by atoms with Gasteiger partial charge < -0.3 is 25.4 Å². The highest BCUT2D eigenvalue weighted by atomic mass is 35.5. The van der Waals surface area contributed by atoms with Crippen LogP contribution in [0, 0.1) is 6.92 Å². The zero-order valence-corrected chi connectivity index (χ0v) is 34.7. The zero-order chi connectivity index (χ0) is 42.6. The minimum atomic E-state index is -0.741. The monoisotopic (exact) mass is 859 g/mol. The van der Waals surface area contributed by atoms with Gasteiger partial charge in [-0.3, -0.25) is 33.5 Å². The number of ether oxygens (including phenoxy) is 2. The van der Waals surface area contributed by atoms with Crippen LogP contribution in [0.2, 0.25) is 10.0 Å². The number of halogens is 2. The Labute approximate surface area is 360 Å². The van der Waals surface area contributed by atoms with Crippen molar-refractivity contribution in [2.24, 2.45) is 9.98 Å². The number of hydrogen-bond donors (Lipinski definition) is 3. The van der Waals surface area contributed by atoms with Crippen LogP contribution in [0.1, 0.15) is 64.7 Å². The zero-order valence-electron chi connectivity index (χ0n) is 33.2. The number of carbonyl (C=O) groups is 3. The van der Waals surface area contributed by atoms with E-state index < -0.39 is 23.9 Å². The van der Waals surface area contributed by atoms with E-state index in [4.69, 9.17) is 42.7 Å². The summed E-state index contributed by atoms with van der Waals surface area (Å²) in [6, 6.07) is 24.4.